The van der Waals surface area contributed by atoms with Crippen molar-refractivity contribution >= 4 is 8.07 Å². The molecule has 0 aromatic heterocycles. The molecule has 0 atom stereocenters. The SMILES string of the molecule is C=C(C)C[Si](CCCC)(CCCC)CCCC. The van der Waals surface area contributed by atoms with Crippen molar-refractivity contribution in [3.63, 3.8) is 0 Å². The van der Waals surface area contributed by atoms with Crippen LogP contribution in [0, 0.1) is 0 Å². The fourth-order valence-electron chi connectivity index (χ4n) is 2.94. The molecule has 0 aliphatic rings. The maximum absolute atomic E-state index is 4.20. The van der Waals surface area contributed by atoms with Gasteiger partial charge in [-0.2, -0.15) is 0 Å². The van der Waals surface area contributed by atoms with Gasteiger partial charge in [-0.3, -0.25) is 0 Å². The Bertz CT molecular complexity index is 174. The molecule has 0 fully saturated rings. The summed E-state index contributed by atoms with van der Waals surface area (Å²) in [5.41, 5.74) is 1.44. The standard InChI is InChI=1S/C16H34Si/c1-6-9-12-17(13-10-7-2,14-11-8-3)15-16(4)5/h4,6-15H2,1-3,5H3. The van der Waals surface area contributed by atoms with Gasteiger partial charge in [-0.25, -0.2) is 0 Å². The number of unbranched alkanes of at least 4 members (excludes halogenated alkanes) is 3. The van der Waals surface area contributed by atoms with E-state index in [2.05, 4.69) is 34.3 Å². The van der Waals surface area contributed by atoms with Crippen LogP contribution in [0.4, 0.5) is 0 Å². The summed E-state index contributed by atoms with van der Waals surface area (Å²) < 4.78 is 0. The quantitative estimate of drug-likeness (QED) is 0.295. The average Bonchev–Trinajstić information content (AvgIpc) is 2.30. The van der Waals surface area contributed by atoms with E-state index in [1.165, 1.54) is 50.1 Å². The molecular weight excluding hydrogens is 220 g/mol. The zero-order valence-corrected chi connectivity index (χ0v) is 13.8. The van der Waals surface area contributed by atoms with Crippen LogP contribution >= 0.6 is 0 Å². The molecule has 0 rings (SSSR count). The van der Waals surface area contributed by atoms with Crippen molar-refractivity contribution in [1.82, 2.24) is 0 Å². The Balaban J connectivity index is 4.56. The lowest BCUT2D eigenvalue weighted by molar-refractivity contribution is 0.788. The van der Waals surface area contributed by atoms with Crippen LogP contribution in [0.1, 0.15) is 66.2 Å². The van der Waals surface area contributed by atoms with Crippen LogP contribution in [0.15, 0.2) is 12.2 Å². The molecule has 0 bridgehead atoms. The Kier molecular flexibility index (Phi) is 9.91. The first-order chi connectivity index (χ1) is 8.10. The molecule has 0 radical (unpaired) electrons. The maximum atomic E-state index is 4.20. The summed E-state index contributed by atoms with van der Waals surface area (Å²) in [6, 6.07) is 6.05. The molecule has 102 valence electrons. The normalized spacial score (nSPS) is 11.8. The van der Waals surface area contributed by atoms with Crippen molar-refractivity contribution < 1.29 is 0 Å². The third-order valence-electron chi connectivity index (χ3n) is 3.86. The smallest absolute Gasteiger partial charge is 0.0575 e. The van der Waals surface area contributed by atoms with Gasteiger partial charge < -0.3 is 0 Å². The first-order valence-electron chi connectivity index (χ1n) is 7.74. The Morgan fingerprint density at radius 3 is 1.41 bits per heavy atom. The molecule has 0 amide bonds. The Morgan fingerprint density at radius 2 is 1.18 bits per heavy atom. The van der Waals surface area contributed by atoms with Crippen LogP contribution in [0.3, 0.4) is 0 Å². The molecule has 0 aliphatic heterocycles. The van der Waals surface area contributed by atoms with E-state index >= 15 is 0 Å². The van der Waals surface area contributed by atoms with Gasteiger partial charge in [0.05, 0.1) is 8.07 Å². The van der Waals surface area contributed by atoms with Crippen molar-refractivity contribution in [1.29, 1.82) is 0 Å². The van der Waals surface area contributed by atoms with E-state index in [0.717, 1.165) is 0 Å². The van der Waals surface area contributed by atoms with Crippen LogP contribution in [0.2, 0.25) is 24.2 Å². The van der Waals surface area contributed by atoms with Crippen LogP contribution in [0.25, 0.3) is 0 Å². The van der Waals surface area contributed by atoms with Crippen molar-refractivity contribution in [3.8, 4) is 0 Å². The third-order valence-corrected chi connectivity index (χ3v) is 9.45. The lowest BCUT2D eigenvalue weighted by atomic mass is 10.4. The second-order valence-electron chi connectivity index (χ2n) is 5.94. The van der Waals surface area contributed by atoms with Gasteiger partial charge in [0.25, 0.3) is 0 Å². The number of allylic oxidation sites excluding steroid dienone is 1. The molecule has 0 N–H and O–H groups in total. The van der Waals surface area contributed by atoms with Crippen LogP contribution < -0.4 is 0 Å². The summed E-state index contributed by atoms with van der Waals surface area (Å²) in [5.74, 6) is 0. The minimum atomic E-state index is -1.02. The fraction of sp³-hybridized carbons (Fsp3) is 0.875. The van der Waals surface area contributed by atoms with Crippen LogP contribution in [-0.4, -0.2) is 8.07 Å². The highest BCUT2D eigenvalue weighted by atomic mass is 28.3. The van der Waals surface area contributed by atoms with Gasteiger partial charge in [0.2, 0.25) is 0 Å². The first kappa shape index (κ1) is 17.0. The lowest BCUT2D eigenvalue weighted by Crippen LogP contribution is -2.34. The summed E-state index contributed by atoms with van der Waals surface area (Å²) in [4.78, 5) is 0. The second kappa shape index (κ2) is 9.93. The van der Waals surface area contributed by atoms with Crippen LogP contribution in [-0.2, 0) is 0 Å². The topological polar surface area (TPSA) is 0 Å². The molecule has 0 saturated heterocycles. The highest BCUT2D eigenvalue weighted by Crippen LogP contribution is 2.34. The number of hydrogen-bond donors (Lipinski definition) is 0. The van der Waals surface area contributed by atoms with E-state index in [9.17, 15) is 0 Å². The molecule has 0 spiro atoms. The van der Waals surface area contributed by atoms with E-state index in [1.54, 1.807) is 18.1 Å². The molecular formula is C16H34Si. The minimum absolute atomic E-state index is 1.02. The predicted molar refractivity (Wildman–Crippen MR) is 84.5 cm³/mol. The number of rotatable bonds is 11. The van der Waals surface area contributed by atoms with E-state index in [-0.39, 0.29) is 0 Å². The highest BCUT2D eigenvalue weighted by Gasteiger charge is 2.30. The van der Waals surface area contributed by atoms with Gasteiger partial charge in [-0.05, 0) is 13.0 Å². The number of hydrogen-bond acceptors (Lipinski definition) is 0. The van der Waals surface area contributed by atoms with E-state index in [1.807, 2.05) is 0 Å². The van der Waals surface area contributed by atoms with Crippen molar-refractivity contribution in [2.24, 2.45) is 0 Å². The third kappa shape index (κ3) is 7.80. The molecule has 0 aliphatic carbocycles. The largest absolute Gasteiger partial charge is 0.100 e. The second-order valence-corrected chi connectivity index (χ2v) is 10.8. The summed E-state index contributed by atoms with van der Waals surface area (Å²) in [7, 11) is -1.02. The Labute approximate surface area is 111 Å². The summed E-state index contributed by atoms with van der Waals surface area (Å²) in [6.07, 6.45) is 8.45. The highest BCUT2D eigenvalue weighted by molar-refractivity contribution is 6.80. The summed E-state index contributed by atoms with van der Waals surface area (Å²) >= 11 is 0. The zero-order valence-electron chi connectivity index (χ0n) is 12.8. The molecule has 0 aromatic carbocycles. The fourth-order valence-corrected chi connectivity index (χ4v) is 8.81. The molecule has 0 heterocycles. The zero-order chi connectivity index (χ0) is 13.1. The molecule has 17 heavy (non-hydrogen) atoms. The lowest BCUT2D eigenvalue weighted by Gasteiger charge is -2.32. The summed E-state index contributed by atoms with van der Waals surface area (Å²) in [5, 5.41) is 0. The van der Waals surface area contributed by atoms with E-state index in [0.29, 0.717) is 0 Å². The van der Waals surface area contributed by atoms with Gasteiger partial charge in [-0.15, -0.1) is 6.58 Å². The first-order valence-corrected chi connectivity index (χ1v) is 10.6. The Hall–Kier alpha value is -0.0431. The van der Waals surface area contributed by atoms with Gasteiger partial charge in [0.15, 0.2) is 0 Å². The van der Waals surface area contributed by atoms with Crippen molar-refractivity contribution in [2.75, 3.05) is 0 Å². The maximum Gasteiger partial charge on any atom is 0.0575 e. The predicted octanol–water partition coefficient (Wildman–Crippen LogP) is 6.41. The van der Waals surface area contributed by atoms with Crippen molar-refractivity contribution in [2.45, 2.75) is 90.4 Å². The van der Waals surface area contributed by atoms with E-state index in [4.69, 9.17) is 0 Å². The van der Waals surface area contributed by atoms with Gasteiger partial charge in [0.1, 0.15) is 0 Å². The van der Waals surface area contributed by atoms with Crippen LogP contribution in [0.5, 0.6) is 0 Å². The minimum Gasteiger partial charge on any atom is -0.100 e. The molecule has 0 unspecified atom stereocenters. The van der Waals surface area contributed by atoms with Crippen molar-refractivity contribution in [3.05, 3.63) is 12.2 Å². The average molecular weight is 255 g/mol. The van der Waals surface area contributed by atoms with Gasteiger partial charge >= 0.3 is 0 Å². The molecule has 1 heteroatoms. The Morgan fingerprint density at radius 1 is 0.824 bits per heavy atom. The molecule has 0 aromatic rings. The molecule has 0 saturated carbocycles. The van der Waals surface area contributed by atoms with E-state index < -0.39 is 8.07 Å². The van der Waals surface area contributed by atoms with Gasteiger partial charge in [0, 0.05) is 0 Å². The molecule has 0 nitrogen and oxygen atoms in total. The van der Waals surface area contributed by atoms with Gasteiger partial charge in [-0.1, -0.05) is 83.0 Å². The summed E-state index contributed by atoms with van der Waals surface area (Å²) in [6.45, 7) is 13.4. The monoisotopic (exact) mass is 254 g/mol.